The van der Waals surface area contributed by atoms with Crippen molar-refractivity contribution in [3.05, 3.63) is 53.8 Å². The van der Waals surface area contributed by atoms with Gasteiger partial charge in [0, 0.05) is 0 Å². The Hall–Kier alpha value is -2.03. The van der Waals surface area contributed by atoms with E-state index in [1.165, 1.54) is 6.07 Å². The third-order valence-electron chi connectivity index (χ3n) is 2.44. The highest BCUT2D eigenvalue weighted by molar-refractivity contribution is 5.75. The number of para-hydroxylation sites is 2. The Kier molecular flexibility index (Phi) is 2.77. The molecular formula is C13H13FN2. The predicted molar refractivity (Wildman–Crippen MR) is 65.3 cm³/mol. The van der Waals surface area contributed by atoms with E-state index < -0.39 is 0 Å². The first-order chi connectivity index (χ1) is 7.68. The zero-order chi connectivity index (χ0) is 11.5. The van der Waals surface area contributed by atoms with Crippen LogP contribution in [0, 0.1) is 12.7 Å². The summed E-state index contributed by atoms with van der Waals surface area (Å²) in [7, 11) is 0. The second-order valence-electron chi connectivity index (χ2n) is 3.64. The summed E-state index contributed by atoms with van der Waals surface area (Å²) in [5.74, 6) is -0.287. The molecule has 0 aliphatic rings. The maximum absolute atomic E-state index is 13.4. The Balaban J connectivity index is 2.38. The van der Waals surface area contributed by atoms with Gasteiger partial charge in [0.1, 0.15) is 5.82 Å². The lowest BCUT2D eigenvalue weighted by Crippen LogP contribution is -1.99. The summed E-state index contributed by atoms with van der Waals surface area (Å²) in [5, 5.41) is 3.01. The Morgan fingerprint density at radius 3 is 2.50 bits per heavy atom. The normalized spacial score (nSPS) is 10.1. The van der Waals surface area contributed by atoms with Crippen molar-refractivity contribution >= 4 is 17.1 Å². The van der Waals surface area contributed by atoms with E-state index in [0.717, 1.165) is 11.3 Å². The monoisotopic (exact) mass is 216 g/mol. The molecule has 0 fully saturated rings. The van der Waals surface area contributed by atoms with Crippen molar-refractivity contribution in [3.8, 4) is 0 Å². The smallest absolute Gasteiger partial charge is 0.146 e. The summed E-state index contributed by atoms with van der Waals surface area (Å²) >= 11 is 0. The summed E-state index contributed by atoms with van der Waals surface area (Å²) < 4.78 is 13.4. The maximum Gasteiger partial charge on any atom is 0.146 e. The van der Waals surface area contributed by atoms with Gasteiger partial charge in [0.2, 0.25) is 0 Å². The van der Waals surface area contributed by atoms with Gasteiger partial charge in [-0.05, 0) is 30.7 Å². The maximum atomic E-state index is 13.4. The van der Waals surface area contributed by atoms with Crippen LogP contribution >= 0.6 is 0 Å². The number of hydrogen-bond donors (Lipinski definition) is 2. The van der Waals surface area contributed by atoms with Gasteiger partial charge in [-0.15, -0.1) is 0 Å². The molecule has 2 aromatic carbocycles. The van der Waals surface area contributed by atoms with Crippen LogP contribution in [0.25, 0.3) is 0 Å². The lowest BCUT2D eigenvalue weighted by Gasteiger charge is -2.12. The zero-order valence-electron chi connectivity index (χ0n) is 9.00. The number of halogens is 1. The van der Waals surface area contributed by atoms with Crippen molar-refractivity contribution in [1.29, 1.82) is 0 Å². The molecule has 0 aromatic heterocycles. The second kappa shape index (κ2) is 4.23. The Bertz CT molecular complexity index is 489. The fourth-order valence-corrected chi connectivity index (χ4v) is 1.56. The van der Waals surface area contributed by atoms with Gasteiger partial charge in [-0.1, -0.05) is 24.3 Å². The van der Waals surface area contributed by atoms with Crippen LogP contribution in [0.1, 0.15) is 5.56 Å². The van der Waals surface area contributed by atoms with E-state index >= 15 is 0 Å². The molecule has 2 aromatic rings. The van der Waals surface area contributed by atoms with Crippen LogP contribution in [-0.2, 0) is 0 Å². The van der Waals surface area contributed by atoms with Crippen LogP contribution in [-0.4, -0.2) is 0 Å². The average molecular weight is 216 g/mol. The largest absolute Gasteiger partial charge is 0.397 e. The van der Waals surface area contributed by atoms with Crippen LogP contribution in [0.2, 0.25) is 0 Å². The minimum atomic E-state index is -0.287. The quantitative estimate of drug-likeness (QED) is 0.754. The topological polar surface area (TPSA) is 38.0 Å². The van der Waals surface area contributed by atoms with E-state index in [-0.39, 0.29) is 5.82 Å². The third kappa shape index (κ3) is 1.98. The van der Waals surface area contributed by atoms with E-state index in [0.29, 0.717) is 11.4 Å². The first-order valence-corrected chi connectivity index (χ1v) is 5.05. The van der Waals surface area contributed by atoms with E-state index in [4.69, 9.17) is 5.73 Å². The first-order valence-electron chi connectivity index (χ1n) is 5.05. The lowest BCUT2D eigenvalue weighted by atomic mass is 10.1. The SMILES string of the molecule is Cc1cccc(N)c1Nc1ccccc1F. The number of rotatable bonds is 2. The minimum absolute atomic E-state index is 0.287. The van der Waals surface area contributed by atoms with Gasteiger partial charge >= 0.3 is 0 Å². The van der Waals surface area contributed by atoms with Crippen LogP contribution < -0.4 is 11.1 Å². The highest BCUT2D eigenvalue weighted by Gasteiger charge is 2.05. The van der Waals surface area contributed by atoms with Crippen molar-refractivity contribution in [2.75, 3.05) is 11.1 Å². The number of aryl methyl sites for hydroxylation is 1. The van der Waals surface area contributed by atoms with Crippen LogP contribution in [0.15, 0.2) is 42.5 Å². The van der Waals surface area contributed by atoms with Gasteiger partial charge in [0.25, 0.3) is 0 Å². The molecule has 16 heavy (non-hydrogen) atoms. The lowest BCUT2D eigenvalue weighted by molar-refractivity contribution is 0.632. The second-order valence-corrected chi connectivity index (χ2v) is 3.64. The molecule has 0 unspecified atom stereocenters. The molecule has 0 saturated carbocycles. The van der Waals surface area contributed by atoms with Crippen LogP contribution in [0.5, 0.6) is 0 Å². The Morgan fingerprint density at radius 1 is 1.06 bits per heavy atom. The van der Waals surface area contributed by atoms with Gasteiger partial charge in [0.15, 0.2) is 0 Å². The molecule has 3 N–H and O–H groups in total. The summed E-state index contributed by atoms with van der Waals surface area (Å²) in [5.41, 5.74) is 8.63. The first kappa shape index (κ1) is 10.5. The fourth-order valence-electron chi connectivity index (χ4n) is 1.56. The number of nitrogen functional groups attached to an aromatic ring is 1. The van der Waals surface area contributed by atoms with Crippen LogP contribution in [0.3, 0.4) is 0 Å². The molecular weight excluding hydrogens is 203 g/mol. The van der Waals surface area contributed by atoms with Crippen molar-refractivity contribution < 1.29 is 4.39 Å². The molecule has 0 atom stereocenters. The number of nitrogens with one attached hydrogen (secondary N) is 1. The van der Waals surface area contributed by atoms with Crippen LogP contribution in [0.4, 0.5) is 21.5 Å². The standard InChI is InChI=1S/C13H13FN2/c1-9-5-4-7-11(15)13(9)16-12-8-3-2-6-10(12)14/h2-8,16H,15H2,1H3. The van der Waals surface area contributed by atoms with Crippen molar-refractivity contribution in [1.82, 2.24) is 0 Å². The molecule has 0 aliphatic heterocycles. The molecule has 2 rings (SSSR count). The fraction of sp³-hybridized carbons (Fsp3) is 0.0769. The van der Waals surface area contributed by atoms with Crippen molar-refractivity contribution in [2.24, 2.45) is 0 Å². The Labute approximate surface area is 93.9 Å². The van der Waals surface area contributed by atoms with E-state index in [2.05, 4.69) is 5.32 Å². The van der Waals surface area contributed by atoms with Crippen molar-refractivity contribution in [2.45, 2.75) is 6.92 Å². The summed E-state index contributed by atoms with van der Waals surface area (Å²) in [4.78, 5) is 0. The van der Waals surface area contributed by atoms with E-state index in [1.54, 1.807) is 24.3 Å². The van der Waals surface area contributed by atoms with Gasteiger partial charge < -0.3 is 11.1 Å². The molecule has 0 bridgehead atoms. The summed E-state index contributed by atoms with van der Waals surface area (Å²) in [6.45, 7) is 1.93. The minimum Gasteiger partial charge on any atom is -0.397 e. The highest BCUT2D eigenvalue weighted by Crippen LogP contribution is 2.27. The van der Waals surface area contributed by atoms with Gasteiger partial charge in [0.05, 0.1) is 17.1 Å². The molecule has 0 heterocycles. The molecule has 3 heteroatoms. The van der Waals surface area contributed by atoms with E-state index in [9.17, 15) is 4.39 Å². The number of nitrogens with two attached hydrogens (primary N) is 1. The van der Waals surface area contributed by atoms with Gasteiger partial charge in [-0.3, -0.25) is 0 Å². The molecule has 0 amide bonds. The Morgan fingerprint density at radius 2 is 1.81 bits per heavy atom. The van der Waals surface area contributed by atoms with Gasteiger partial charge in [-0.25, -0.2) is 4.39 Å². The number of anilines is 3. The molecule has 0 spiro atoms. The van der Waals surface area contributed by atoms with Crippen molar-refractivity contribution in [3.63, 3.8) is 0 Å². The molecule has 82 valence electrons. The number of hydrogen-bond acceptors (Lipinski definition) is 2. The molecule has 2 nitrogen and oxygen atoms in total. The van der Waals surface area contributed by atoms with E-state index in [1.807, 2.05) is 19.1 Å². The third-order valence-corrected chi connectivity index (χ3v) is 2.44. The highest BCUT2D eigenvalue weighted by atomic mass is 19.1. The molecule has 0 aliphatic carbocycles. The van der Waals surface area contributed by atoms with Gasteiger partial charge in [-0.2, -0.15) is 0 Å². The molecule has 0 radical (unpaired) electrons. The number of benzene rings is 2. The summed E-state index contributed by atoms with van der Waals surface area (Å²) in [6, 6.07) is 12.1. The predicted octanol–water partition coefficient (Wildman–Crippen LogP) is 3.46. The average Bonchev–Trinajstić information content (AvgIpc) is 2.26. The zero-order valence-corrected chi connectivity index (χ0v) is 9.00. The molecule has 0 saturated heterocycles. The summed E-state index contributed by atoms with van der Waals surface area (Å²) in [6.07, 6.45) is 0.